The van der Waals surface area contributed by atoms with Crippen LogP contribution in [0, 0.1) is 12.6 Å². The summed E-state index contributed by atoms with van der Waals surface area (Å²) < 4.78 is 0. The van der Waals surface area contributed by atoms with Crippen LogP contribution < -0.4 is 0 Å². The van der Waals surface area contributed by atoms with E-state index in [-0.39, 0.29) is 30.9 Å². The van der Waals surface area contributed by atoms with Gasteiger partial charge in [-0.3, -0.25) is 4.79 Å². The average Bonchev–Trinajstić information content (AvgIpc) is 2.99. The first-order valence-corrected chi connectivity index (χ1v) is 11.4. The van der Waals surface area contributed by atoms with E-state index in [2.05, 4.69) is 10.9 Å². The molecule has 31 heavy (non-hydrogen) atoms. The zero-order valence-corrected chi connectivity index (χ0v) is 20.0. The van der Waals surface area contributed by atoms with Gasteiger partial charge >= 0.3 is 0 Å². The largest absolute Gasteiger partial charge is 0.304 e. The number of aromatic nitrogens is 1. The van der Waals surface area contributed by atoms with Crippen molar-refractivity contribution < 1.29 is 24.9 Å². The summed E-state index contributed by atoms with van der Waals surface area (Å²) in [7, 11) is 0. The predicted octanol–water partition coefficient (Wildman–Crippen LogP) is 6.72. The second-order valence-electron chi connectivity index (χ2n) is 9.52. The summed E-state index contributed by atoms with van der Waals surface area (Å²) in [6, 6.07) is 11.2. The van der Waals surface area contributed by atoms with Crippen molar-refractivity contribution in [2.75, 3.05) is 0 Å². The van der Waals surface area contributed by atoms with Gasteiger partial charge in [-0.25, -0.2) is 4.85 Å². The van der Waals surface area contributed by atoms with Gasteiger partial charge in [0.05, 0.1) is 17.4 Å². The monoisotopic (exact) mass is 586 g/mol. The van der Waals surface area contributed by atoms with Crippen LogP contribution in [0.3, 0.4) is 0 Å². The molecule has 0 amide bonds. The zero-order chi connectivity index (χ0) is 20.3. The summed E-state index contributed by atoms with van der Waals surface area (Å²) in [6.07, 6.45) is 12.8. The predicted molar refractivity (Wildman–Crippen MR) is 119 cm³/mol. The number of hydrogen-bond donors (Lipinski definition) is 0. The molecule has 0 aliphatic heterocycles. The van der Waals surface area contributed by atoms with Gasteiger partial charge in [-0.2, -0.15) is 0 Å². The summed E-state index contributed by atoms with van der Waals surface area (Å²) in [5.41, 5.74) is 3.24. The van der Waals surface area contributed by atoms with E-state index in [1.165, 1.54) is 24.0 Å². The van der Waals surface area contributed by atoms with Crippen molar-refractivity contribution in [2.24, 2.45) is 0 Å². The Balaban J connectivity index is 0.00000204. The van der Waals surface area contributed by atoms with Crippen molar-refractivity contribution in [3.63, 3.8) is 0 Å². The van der Waals surface area contributed by atoms with Gasteiger partial charge in [0.2, 0.25) is 0 Å². The van der Waals surface area contributed by atoms with Crippen molar-refractivity contribution in [2.45, 2.75) is 75.0 Å². The van der Waals surface area contributed by atoms with E-state index in [0.717, 1.165) is 73.0 Å². The molecule has 3 aromatic rings. The molecule has 1 radical (unpaired) electrons. The molecule has 2 spiro atoms. The number of hydrogen-bond acceptors (Lipinski definition) is 2. The first-order chi connectivity index (χ1) is 14.7. The number of Topliss-reactive ketones (excluding diaryl/α,β-unsaturated/α-hetero) is 1. The molecule has 0 unspecified atom stereocenters. The Kier molecular flexibility index (Phi) is 5.04. The molecule has 0 bridgehead atoms. The van der Waals surface area contributed by atoms with Gasteiger partial charge in [0, 0.05) is 26.3 Å². The van der Waals surface area contributed by atoms with Crippen LogP contribution in [0.5, 0.6) is 0 Å². The van der Waals surface area contributed by atoms with Gasteiger partial charge in [0.25, 0.3) is 0 Å². The van der Waals surface area contributed by atoms with Gasteiger partial charge in [0.1, 0.15) is 0 Å². The van der Waals surface area contributed by atoms with Crippen molar-refractivity contribution in [3.8, 4) is 0 Å². The minimum absolute atomic E-state index is 0. The number of benzene rings is 2. The maximum absolute atomic E-state index is 14.3. The molecule has 2 aromatic carbocycles. The summed E-state index contributed by atoms with van der Waals surface area (Å²) >= 11 is 0. The Hall–Kier alpha value is -2.08. The third kappa shape index (κ3) is 2.66. The van der Waals surface area contributed by atoms with Crippen LogP contribution in [-0.4, -0.2) is 10.8 Å². The molecule has 0 N–H and O–H groups in total. The minimum atomic E-state index is -0.381. The van der Waals surface area contributed by atoms with Crippen molar-refractivity contribution in [1.82, 2.24) is 4.98 Å². The molecule has 0 atom stereocenters. The SMILES string of the molecule is [C-]#[N+]c1cc2c3c(cnc2c2[c-]cccc12)C1(CCCCC1)C(=O)C31CCCCC1.[Ir]. The Morgan fingerprint density at radius 2 is 1.65 bits per heavy atom. The number of rotatable bonds is 0. The molecule has 3 nitrogen and oxygen atoms in total. The second kappa shape index (κ2) is 7.51. The zero-order valence-electron chi connectivity index (χ0n) is 17.6. The fourth-order valence-electron chi connectivity index (χ4n) is 6.88. The van der Waals surface area contributed by atoms with E-state index in [1.807, 2.05) is 30.5 Å². The quantitative estimate of drug-likeness (QED) is 0.217. The normalized spacial score (nSPS) is 21.2. The van der Waals surface area contributed by atoms with Gasteiger partial charge in [-0.1, -0.05) is 44.6 Å². The van der Waals surface area contributed by atoms with Crippen molar-refractivity contribution >= 4 is 33.1 Å². The number of carbonyl (C=O) groups is 1. The number of ketones is 1. The van der Waals surface area contributed by atoms with E-state index >= 15 is 0 Å². The Bertz CT molecular complexity index is 1240. The molecule has 2 fully saturated rings. The molecular weight excluding hydrogens is 561 g/mol. The summed E-state index contributed by atoms with van der Waals surface area (Å²) in [5.74, 6) is 0.472. The molecule has 159 valence electrons. The molecule has 2 saturated carbocycles. The fourth-order valence-corrected chi connectivity index (χ4v) is 6.88. The Labute approximate surface area is 196 Å². The summed E-state index contributed by atoms with van der Waals surface area (Å²) in [4.78, 5) is 23.1. The molecule has 3 aliphatic rings. The molecule has 1 aromatic heterocycles. The number of carbonyl (C=O) groups excluding carboxylic acids is 1. The molecule has 3 aliphatic carbocycles. The van der Waals surface area contributed by atoms with E-state index in [4.69, 9.17) is 11.6 Å². The summed E-state index contributed by atoms with van der Waals surface area (Å²) in [5, 5.41) is 2.85. The number of fused-ring (bicyclic) bond motifs is 7. The van der Waals surface area contributed by atoms with Crippen LogP contribution in [-0.2, 0) is 35.7 Å². The van der Waals surface area contributed by atoms with E-state index in [0.29, 0.717) is 11.5 Å². The third-order valence-electron chi connectivity index (χ3n) is 8.16. The van der Waals surface area contributed by atoms with Crippen LogP contribution in [0.2, 0.25) is 0 Å². The van der Waals surface area contributed by atoms with Crippen LogP contribution in [0.25, 0.3) is 26.5 Å². The van der Waals surface area contributed by atoms with Crippen molar-refractivity contribution in [3.05, 3.63) is 59.1 Å². The Morgan fingerprint density at radius 3 is 2.32 bits per heavy atom. The fraction of sp³-hybridized carbons (Fsp3) is 0.444. The molecular formula is C27H25IrN2O-. The van der Waals surface area contributed by atoms with Gasteiger partial charge in [-0.05, 0) is 47.7 Å². The van der Waals surface area contributed by atoms with Crippen LogP contribution in [0.4, 0.5) is 5.69 Å². The molecule has 0 saturated heterocycles. The molecule has 6 rings (SSSR count). The van der Waals surface area contributed by atoms with E-state index in [9.17, 15) is 4.79 Å². The topological polar surface area (TPSA) is 34.3 Å². The second-order valence-corrected chi connectivity index (χ2v) is 9.52. The standard InChI is InChI=1S/C27H25N2O.Ir/c1-28-22-16-20-23-21(17-29-24(20)19-11-5-4-10-18(19)22)26(12-6-2-7-13-26)25(30)27(23)14-8-3-9-15-27;/h4-5,10,16-17H,2-3,6-9,12-15H2;/q-1;. The maximum Gasteiger partial charge on any atom is 0.154 e. The van der Waals surface area contributed by atoms with Gasteiger partial charge < -0.3 is 4.98 Å². The van der Waals surface area contributed by atoms with Crippen LogP contribution >= 0.6 is 0 Å². The minimum Gasteiger partial charge on any atom is -0.304 e. The Morgan fingerprint density at radius 1 is 0.968 bits per heavy atom. The average molecular weight is 586 g/mol. The van der Waals surface area contributed by atoms with Gasteiger partial charge in [0.15, 0.2) is 11.5 Å². The van der Waals surface area contributed by atoms with Gasteiger partial charge in [-0.15, -0.1) is 35.0 Å². The van der Waals surface area contributed by atoms with Crippen molar-refractivity contribution in [1.29, 1.82) is 0 Å². The first kappa shape index (κ1) is 20.8. The van der Waals surface area contributed by atoms with Crippen LogP contribution in [0.15, 0.2) is 30.5 Å². The molecule has 1 heterocycles. The number of nitrogens with zero attached hydrogens (tertiary/aromatic N) is 2. The smallest absolute Gasteiger partial charge is 0.154 e. The maximum atomic E-state index is 14.3. The third-order valence-corrected chi connectivity index (χ3v) is 8.16. The van der Waals surface area contributed by atoms with E-state index in [1.54, 1.807) is 0 Å². The first-order valence-electron chi connectivity index (χ1n) is 11.4. The number of pyridine rings is 1. The van der Waals surface area contributed by atoms with E-state index < -0.39 is 0 Å². The summed E-state index contributed by atoms with van der Waals surface area (Å²) in [6.45, 7) is 7.79. The van der Waals surface area contributed by atoms with Crippen LogP contribution in [0.1, 0.15) is 75.3 Å². The molecule has 4 heteroatoms.